The van der Waals surface area contributed by atoms with Gasteiger partial charge in [0.15, 0.2) is 0 Å². The van der Waals surface area contributed by atoms with Crippen molar-refractivity contribution in [3.63, 3.8) is 0 Å². The average molecular weight is 388 g/mol. The van der Waals surface area contributed by atoms with Gasteiger partial charge < -0.3 is 16.6 Å². The van der Waals surface area contributed by atoms with Gasteiger partial charge >= 0.3 is 5.97 Å². The molecule has 0 heterocycles. The molecule has 5 N–H and O–H groups in total. The number of aliphatic carboxylic acids is 1. The summed E-state index contributed by atoms with van der Waals surface area (Å²) in [5, 5.41) is 9.36. The summed E-state index contributed by atoms with van der Waals surface area (Å²) in [4.78, 5) is 24.3. The van der Waals surface area contributed by atoms with Crippen molar-refractivity contribution >= 4 is 11.9 Å². The largest absolute Gasteiger partial charge is 0.481 e. The molecule has 5 heteroatoms. The molecular weight excluding hydrogens is 364 g/mol. The monoisotopic (exact) mass is 388 g/mol. The van der Waals surface area contributed by atoms with E-state index in [0.717, 1.165) is 16.7 Å². The first-order valence-corrected chi connectivity index (χ1v) is 9.41. The SMILES string of the molecule is NC(=O)C([C@H](N)CC(=O)O)C(c1ccccc1)(c1ccccc1)c1ccccc1. The fraction of sp³-hybridized carbons (Fsp3) is 0.167. The number of carboxylic acid groups (broad SMARTS) is 1. The Morgan fingerprint density at radius 3 is 1.38 bits per heavy atom. The van der Waals surface area contributed by atoms with E-state index in [9.17, 15) is 14.7 Å². The van der Waals surface area contributed by atoms with Gasteiger partial charge in [0.1, 0.15) is 0 Å². The highest BCUT2D eigenvalue weighted by atomic mass is 16.4. The van der Waals surface area contributed by atoms with Gasteiger partial charge in [-0.2, -0.15) is 0 Å². The smallest absolute Gasteiger partial charge is 0.304 e. The zero-order valence-electron chi connectivity index (χ0n) is 15.9. The maximum atomic E-state index is 12.8. The van der Waals surface area contributed by atoms with Crippen molar-refractivity contribution in [3.05, 3.63) is 108 Å². The van der Waals surface area contributed by atoms with Crippen LogP contribution in [-0.4, -0.2) is 23.0 Å². The molecule has 0 aliphatic rings. The number of benzene rings is 3. The molecule has 2 atom stereocenters. The van der Waals surface area contributed by atoms with Gasteiger partial charge in [0.05, 0.1) is 17.8 Å². The van der Waals surface area contributed by atoms with Crippen LogP contribution in [0.25, 0.3) is 0 Å². The van der Waals surface area contributed by atoms with E-state index in [1.807, 2.05) is 91.0 Å². The van der Waals surface area contributed by atoms with Gasteiger partial charge in [-0.1, -0.05) is 91.0 Å². The van der Waals surface area contributed by atoms with Crippen LogP contribution in [0.5, 0.6) is 0 Å². The quantitative estimate of drug-likeness (QED) is 0.516. The number of nitrogens with two attached hydrogens (primary N) is 2. The van der Waals surface area contributed by atoms with Gasteiger partial charge in [-0.25, -0.2) is 0 Å². The third-order valence-electron chi connectivity index (χ3n) is 5.30. The van der Waals surface area contributed by atoms with Crippen LogP contribution in [0.15, 0.2) is 91.0 Å². The molecule has 3 aromatic carbocycles. The summed E-state index contributed by atoms with van der Waals surface area (Å²) in [6.45, 7) is 0. The second kappa shape index (κ2) is 8.71. The minimum absolute atomic E-state index is 0.373. The first kappa shape index (κ1) is 20.3. The first-order chi connectivity index (χ1) is 14.0. The molecule has 0 fully saturated rings. The summed E-state index contributed by atoms with van der Waals surface area (Å²) in [6.07, 6.45) is -0.373. The molecule has 148 valence electrons. The van der Waals surface area contributed by atoms with Gasteiger partial charge in [0, 0.05) is 6.04 Å². The Bertz CT molecular complexity index is 863. The molecule has 1 unspecified atom stereocenters. The Kier molecular flexibility index (Phi) is 6.10. The molecule has 0 bridgehead atoms. The van der Waals surface area contributed by atoms with Gasteiger partial charge in [-0.05, 0) is 16.7 Å². The lowest BCUT2D eigenvalue weighted by molar-refractivity contribution is -0.138. The van der Waals surface area contributed by atoms with E-state index in [4.69, 9.17) is 11.5 Å². The second-order valence-electron chi connectivity index (χ2n) is 7.05. The normalized spacial score (nSPS) is 13.4. The lowest BCUT2D eigenvalue weighted by Gasteiger charge is -2.43. The Balaban J connectivity index is 2.41. The maximum Gasteiger partial charge on any atom is 0.304 e. The third kappa shape index (κ3) is 3.91. The van der Waals surface area contributed by atoms with Crippen LogP contribution in [0.1, 0.15) is 23.1 Å². The van der Waals surface area contributed by atoms with Crippen LogP contribution >= 0.6 is 0 Å². The number of hydrogen-bond donors (Lipinski definition) is 3. The van der Waals surface area contributed by atoms with Crippen LogP contribution in [0.2, 0.25) is 0 Å². The van der Waals surface area contributed by atoms with Crippen molar-refractivity contribution in [1.29, 1.82) is 0 Å². The molecule has 0 saturated heterocycles. The van der Waals surface area contributed by atoms with Crippen LogP contribution in [-0.2, 0) is 15.0 Å². The number of carbonyl (C=O) groups is 2. The van der Waals surface area contributed by atoms with Crippen molar-refractivity contribution in [2.75, 3.05) is 0 Å². The fourth-order valence-electron chi connectivity index (χ4n) is 4.21. The lowest BCUT2D eigenvalue weighted by atomic mass is 9.59. The zero-order chi connectivity index (χ0) is 20.9. The number of hydrogen-bond acceptors (Lipinski definition) is 3. The molecular formula is C24H24N2O3. The topological polar surface area (TPSA) is 106 Å². The number of rotatable bonds is 8. The lowest BCUT2D eigenvalue weighted by Crippen LogP contribution is -2.54. The molecule has 3 rings (SSSR count). The van der Waals surface area contributed by atoms with E-state index >= 15 is 0 Å². The van der Waals surface area contributed by atoms with Crippen molar-refractivity contribution < 1.29 is 14.7 Å². The highest BCUT2D eigenvalue weighted by Gasteiger charge is 2.49. The summed E-state index contributed by atoms with van der Waals surface area (Å²) in [7, 11) is 0. The van der Waals surface area contributed by atoms with Gasteiger partial charge in [-0.15, -0.1) is 0 Å². The number of primary amides is 1. The van der Waals surface area contributed by atoms with E-state index in [-0.39, 0.29) is 6.42 Å². The summed E-state index contributed by atoms with van der Waals surface area (Å²) in [5.41, 5.74) is 13.7. The van der Waals surface area contributed by atoms with Gasteiger partial charge in [0.25, 0.3) is 0 Å². The van der Waals surface area contributed by atoms with Crippen LogP contribution in [0, 0.1) is 5.92 Å². The third-order valence-corrected chi connectivity index (χ3v) is 5.30. The molecule has 1 amide bonds. The Hall–Kier alpha value is -3.44. The van der Waals surface area contributed by atoms with Crippen LogP contribution in [0.4, 0.5) is 0 Å². The summed E-state index contributed by atoms with van der Waals surface area (Å²) in [6, 6.07) is 27.5. The Morgan fingerprint density at radius 2 is 1.10 bits per heavy atom. The number of carboxylic acids is 1. The molecule has 0 saturated carbocycles. The van der Waals surface area contributed by atoms with Crippen molar-refractivity contribution in [2.45, 2.75) is 17.9 Å². The minimum atomic E-state index is -1.08. The maximum absolute atomic E-state index is 12.8. The predicted molar refractivity (Wildman–Crippen MR) is 112 cm³/mol. The van der Waals surface area contributed by atoms with Gasteiger partial charge in [0.2, 0.25) is 5.91 Å². The van der Waals surface area contributed by atoms with Crippen molar-refractivity contribution in [3.8, 4) is 0 Å². The Morgan fingerprint density at radius 1 is 0.759 bits per heavy atom. The van der Waals surface area contributed by atoms with E-state index in [0.29, 0.717) is 0 Å². The second-order valence-corrected chi connectivity index (χ2v) is 7.05. The van der Waals surface area contributed by atoms with Gasteiger partial charge in [-0.3, -0.25) is 9.59 Å². The predicted octanol–water partition coefficient (Wildman–Crippen LogP) is 2.92. The molecule has 3 aromatic rings. The number of amides is 1. The molecule has 0 aromatic heterocycles. The summed E-state index contributed by atoms with van der Waals surface area (Å²) < 4.78 is 0. The fourth-order valence-corrected chi connectivity index (χ4v) is 4.21. The molecule has 0 radical (unpaired) electrons. The molecule has 0 aliphatic heterocycles. The molecule has 5 nitrogen and oxygen atoms in total. The van der Waals surface area contributed by atoms with Crippen LogP contribution < -0.4 is 11.5 Å². The van der Waals surface area contributed by atoms with E-state index in [2.05, 4.69) is 0 Å². The first-order valence-electron chi connectivity index (χ1n) is 9.41. The molecule has 0 spiro atoms. The van der Waals surface area contributed by atoms with E-state index < -0.39 is 29.3 Å². The van der Waals surface area contributed by atoms with Crippen molar-refractivity contribution in [1.82, 2.24) is 0 Å². The zero-order valence-corrected chi connectivity index (χ0v) is 15.9. The number of carbonyl (C=O) groups excluding carboxylic acids is 1. The van der Waals surface area contributed by atoms with E-state index in [1.54, 1.807) is 0 Å². The highest BCUT2D eigenvalue weighted by molar-refractivity contribution is 5.83. The minimum Gasteiger partial charge on any atom is -0.481 e. The summed E-state index contributed by atoms with van der Waals surface area (Å²) >= 11 is 0. The molecule has 29 heavy (non-hydrogen) atoms. The summed E-state index contributed by atoms with van der Waals surface area (Å²) in [5.74, 6) is -2.70. The van der Waals surface area contributed by atoms with E-state index in [1.165, 1.54) is 0 Å². The standard InChI is InChI=1S/C24H24N2O3/c25-20(16-21(27)28)22(23(26)29)24(17-10-4-1-5-11-17,18-12-6-2-7-13-18)19-14-8-3-9-15-19/h1-15,20,22H,16,25H2,(H2,26,29)(H,27,28)/t20-,22?/m1/s1. The highest BCUT2D eigenvalue weighted by Crippen LogP contribution is 2.46. The molecule has 0 aliphatic carbocycles. The Labute approximate surface area is 170 Å². The van der Waals surface area contributed by atoms with Crippen molar-refractivity contribution in [2.24, 2.45) is 17.4 Å². The van der Waals surface area contributed by atoms with Crippen LogP contribution in [0.3, 0.4) is 0 Å². The average Bonchev–Trinajstić information content (AvgIpc) is 2.73.